The quantitative estimate of drug-likeness (QED) is 0.476. The molecule has 3 unspecified atom stereocenters. The van der Waals surface area contributed by atoms with E-state index in [1.165, 1.54) is 4.90 Å². The second-order valence-corrected chi connectivity index (χ2v) is 10.2. The summed E-state index contributed by atoms with van der Waals surface area (Å²) in [6.45, 7) is 6.17. The number of aliphatic hydroxyl groups excluding tert-OH is 1. The molecular weight excluding hydrogens is 434 g/mol. The Morgan fingerprint density at radius 2 is 1.94 bits per heavy atom. The Morgan fingerprint density at radius 3 is 2.56 bits per heavy atom. The van der Waals surface area contributed by atoms with Crippen LogP contribution < -0.4 is 10.6 Å². The van der Waals surface area contributed by atoms with Gasteiger partial charge in [0.2, 0.25) is 17.7 Å². The first kappa shape index (κ1) is 24.7. The fraction of sp³-hybridized carbons (Fsp3) is 0.654. The van der Waals surface area contributed by atoms with Crippen LogP contribution in [0, 0.1) is 17.8 Å². The number of carbonyl (C=O) groups is 3. The Hall–Kier alpha value is -2.45. The lowest BCUT2D eigenvalue weighted by Crippen LogP contribution is -2.56. The van der Waals surface area contributed by atoms with Crippen molar-refractivity contribution in [2.45, 2.75) is 69.7 Å². The molecule has 186 valence electrons. The summed E-state index contributed by atoms with van der Waals surface area (Å²) in [5, 5.41) is 16.1. The maximum absolute atomic E-state index is 14.1. The van der Waals surface area contributed by atoms with Gasteiger partial charge in [0.25, 0.3) is 0 Å². The van der Waals surface area contributed by atoms with Crippen LogP contribution in [0.1, 0.15) is 58.1 Å². The van der Waals surface area contributed by atoms with E-state index in [1.807, 2.05) is 44.2 Å². The molecule has 7 atom stereocenters. The predicted octanol–water partition coefficient (Wildman–Crippen LogP) is 1.78. The van der Waals surface area contributed by atoms with Gasteiger partial charge in [-0.3, -0.25) is 14.4 Å². The van der Waals surface area contributed by atoms with Crippen LogP contribution in [0.5, 0.6) is 0 Å². The van der Waals surface area contributed by atoms with Crippen LogP contribution in [-0.4, -0.2) is 65.2 Å². The van der Waals surface area contributed by atoms with Crippen LogP contribution in [0.4, 0.5) is 0 Å². The third-order valence-corrected chi connectivity index (χ3v) is 8.30. The lowest BCUT2D eigenvalue weighted by molar-refractivity contribution is -0.151. The molecule has 3 aliphatic heterocycles. The molecule has 3 N–H and O–H groups in total. The molecule has 34 heavy (non-hydrogen) atoms. The SMILES string of the molecule is CCCCCNC(=O)C1N([C@H](CO)c2ccccc2)C(=O)[C@@H]2[C@@H](C(=O)NC)[C@]3(C)OC12CC3C. The first-order valence-corrected chi connectivity index (χ1v) is 12.4. The van der Waals surface area contributed by atoms with Gasteiger partial charge in [-0.2, -0.15) is 0 Å². The number of fused-ring (bicyclic) bond motifs is 1. The van der Waals surface area contributed by atoms with Crippen molar-refractivity contribution in [1.29, 1.82) is 0 Å². The Kier molecular flexibility index (Phi) is 6.75. The number of nitrogens with one attached hydrogen (secondary N) is 2. The van der Waals surface area contributed by atoms with Crippen molar-refractivity contribution < 1.29 is 24.2 Å². The average Bonchev–Trinajstić information content (AvgIpc) is 3.34. The van der Waals surface area contributed by atoms with Gasteiger partial charge in [0.1, 0.15) is 11.6 Å². The van der Waals surface area contributed by atoms with Crippen LogP contribution >= 0.6 is 0 Å². The minimum atomic E-state index is -1.11. The maximum atomic E-state index is 14.1. The van der Waals surface area contributed by atoms with E-state index in [0.29, 0.717) is 13.0 Å². The van der Waals surface area contributed by atoms with Crippen molar-refractivity contribution in [2.75, 3.05) is 20.2 Å². The van der Waals surface area contributed by atoms with Crippen molar-refractivity contribution in [1.82, 2.24) is 15.5 Å². The van der Waals surface area contributed by atoms with E-state index >= 15 is 0 Å². The fourth-order valence-electron chi connectivity index (χ4n) is 6.58. The molecule has 3 amide bonds. The number of carbonyl (C=O) groups excluding carboxylic acids is 3. The molecule has 1 aromatic carbocycles. The van der Waals surface area contributed by atoms with Crippen molar-refractivity contribution >= 4 is 17.7 Å². The highest BCUT2D eigenvalue weighted by atomic mass is 16.5. The Balaban J connectivity index is 1.79. The van der Waals surface area contributed by atoms with E-state index in [1.54, 1.807) is 7.05 Å². The molecule has 3 aliphatic rings. The first-order valence-electron chi connectivity index (χ1n) is 12.4. The molecule has 0 saturated carbocycles. The third kappa shape index (κ3) is 3.53. The van der Waals surface area contributed by atoms with Gasteiger partial charge in [0.15, 0.2) is 0 Å². The number of nitrogens with zero attached hydrogens (tertiary/aromatic N) is 1. The van der Waals surface area contributed by atoms with E-state index < -0.39 is 35.1 Å². The smallest absolute Gasteiger partial charge is 0.245 e. The van der Waals surface area contributed by atoms with Crippen molar-refractivity contribution in [3.8, 4) is 0 Å². The van der Waals surface area contributed by atoms with Gasteiger partial charge in [0, 0.05) is 13.6 Å². The third-order valence-electron chi connectivity index (χ3n) is 8.30. The number of benzene rings is 1. The molecule has 3 heterocycles. The Bertz CT molecular complexity index is 940. The predicted molar refractivity (Wildman–Crippen MR) is 126 cm³/mol. The van der Waals surface area contributed by atoms with Crippen molar-refractivity contribution in [3.63, 3.8) is 0 Å². The molecular formula is C26H37N3O5. The number of hydrogen-bond donors (Lipinski definition) is 3. The molecule has 1 spiro atoms. The minimum Gasteiger partial charge on any atom is -0.394 e. The molecule has 3 saturated heterocycles. The zero-order chi connectivity index (χ0) is 24.7. The topological polar surface area (TPSA) is 108 Å². The van der Waals surface area contributed by atoms with Gasteiger partial charge in [-0.15, -0.1) is 0 Å². The lowest BCUT2D eigenvalue weighted by atomic mass is 9.62. The molecule has 2 bridgehead atoms. The van der Waals surface area contributed by atoms with Gasteiger partial charge in [-0.25, -0.2) is 0 Å². The summed E-state index contributed by atoms with van der Waals surface area (Å²) in [5.74, 6) is -2.34. The zero-order valence-corrected chi connectivity index (χ0v) is 20.5. The largest absolute Gasteiger partial charge is 0.394 e. The summed E-state index contributed by atoms with van der Waals surface area (Å²) >= 11 is 0. The highest BCUT2D eigenvalue weighted by Crippen LogP contribution is 2.65. The van der Waals surface area contributed by atoms with E-state index in [0.717, 1.165) is 24.8 Å². The minimum absolute atomic E-state index is 0.0153. The molecule has 4 rings (SSSR count). The standard InChI is InChI=1S/C26H37N3O5/c1-5-6-10-13-28-23(32)21-26-14-16(2)25(3,34-26)19(22(31)27-4)20(26)24(33)29(21)18(15-30)17-11-8-7-9-12-17/h7-9,11-12,16,18-21,30H,5-6,10,13-15H2,1-4H3,(H,27,31)(H,28,32)/t16?,18-,19+,20+,21?,25-,26?/m1/s1. The number of aliphatic hydroxyl groups is 1. The van der Waals surface area contributed by atoms with Crippen molar-refractivity contribution in [2.24, 2.45) is 17.8 Å². The summed E-state index contributed by atoms with van der Waals surface area (Å²) in [4.78, 5) is 42.4. The summed E-state index contributed by atoms with van der Waals surface area (Å²) in [6.07, 6.45) is 3.37. The van der Waals surface area contributed by atoms with E-state index in [2.05, 4.69) is 17.6 Å². The molecule has 0 radical (unpaired) electrons. The number of rotatable bonds is 9. The van der Waals surface area contributed by atoms with E-state index in [4.69, 9.17) is 4.74 Å². The summed E-state index contributed by atoms with van der Waals surface area (Å²) < 4.78 is 6.65. The van der Waals surface area contributed by atoms with Crippen LogP contribution in [-0.2, 0) is 19.1 Å². The summed E-state index contributed by atoms with van der Waals surface area (Å²) in [5.41, 5.74) is -1.21. The van der Waals surface area contributed by atoms with Crippen LogP contribution in [0.15, 0.2) is 30.3 Å². The first-order chi connectivity index (χ1) is 16.3. The lowest BCUT2D eigenvalue weighted by Gasteiger charge is -2.37. The van der Waals surface area contributed by atoms with Crippen molar-refractivity contribution in [3.05, 3.63) is 35.9 Å². The molecule has 0 aromatic heterocycles. The molecule has 8 heteroatoms. The van der Waals surface area contributed by atoms with Gasteiger partial charge in [0.05, 0.1) is 30.1 Å². The van der Waals surface area contributed by atoms with Gasteiger partial charge in [-0.05, 0) is 31.2 Å². The normalized spacial score (nSPS) is 34.7. The molecule has 8 nitrogen and oxygen atoms in total. The molecule has 0 aliphatic carbocycles. The second kappa shape index (κ2) is 9.30. The van der Waals surface area contributed by atoms with E-state index in [9.17, 15) is 19.5 Å². The zero-order valence-electron chi connectivity index (χ0n) is 20.5. The Morgan fingerprint density at radius 1 is 1.24 bits per heavy atom. The van der Waals surface area contributed by atoms with Crippen LogP contribution in [0.25, 0.3) is 0 Å². The second-order valence-electron chi connectivity index (χ2n) is 10.2. The Labute approximate surface area is 201 Å². The average molecular weight is 472 g/mol. The summed E-state index contributed by atoms with van der Waals surface area (Å²) in [6, 6.07) is 7.60. The number of amides is 3. The maximum Gasteiger partial charge on any atom is 0.245 e. The van der Waals surface area contributed by atoms with Gasteiger partial charge < -0.3 is 25.4 Å². The molecule has 3 fully saturated rings. The monoisotopic (exact) mass is 471 g/mol. The number of ether oxygens (including phenoxy) is 1. The van der Waals surface area contributed by atoms with Crippen LogP contribution in [0.3, 0.4) is 0 Å². The highest BCUT2D eigenvalue weighted by Gasteiger charge is 2.80. The highest BCUT2D eigenvalue weighted by molar-refractivity contribution is 5.99. The van der Waals surface area contributed by atoms with E-state index in [-0.39, 0.29) is 30.2 Å². The molecule has 1 aromatic rings. The van der Waals surface area contributed by atoms with Crippen LogP contribution in [0.2, 0.25) is 0 Å². The fourth-order valence-corrected chi connectivity index (χ4v) is 6.58. The number of likely N-dealkylation sites (tertiary alicyclic amines) is 1. The number of unbranched alkanes of at least 4 members (excludes halogenated alkanes) is 2. The van der Waals surface area contributed by atoms with Gasteiger partial charge in [-0.1, -0.05) is 57.0 Å². The summed E-state index contributed by atoms with van der Waals surface area (Å²) in [7, 11) is 1.56. The number of hydrogen-bond acceptors (Lipinski definition) is 5. The van der Waals surface area contributed by atoms with Gasteiger partial charge >= 0.3 is 0 Å².